The van der Waals surface area contributed by atoms with Crippen molar-refractivity contribution in [2.45, 2.75) is 13.0 Å². The van der Waals surface area contributed by atoms with Gasteiger partial charge in [0.25, 0.3) is 5.78 Å². The fraction of sp³-hybridized carbons (Fsp3) is 0.250. The summed E-state index contributed by atoms with van der Waals surface area (Å²) < 4.78 is 4.48. The van der Waals surface area contributed by atoms with E-state index in [1.807, 2.05) is 0 Å². The van der Waals surface area contributed by atoms with Crippen molar-refractivity contribution in [2.75, 3.05) is 6.61 Å². The number of esters is 1. The summed E-state index contributed by atoms with van der Waals surface area (Å²) in [6, 6.07) is 2.47. The highest BCUT2D eigenvalue weighted by Gasteiger charge is 2.34. The Morgan fingerprint density at radius 2 is 1.85 bits per heavy atom. The van der Waals surface area contributed by atoms with Crippen LogP contribution in [-0.4, -0.2) is 35.4 Å². The minimum Gasteiger partial charge on any atom is -0.460 e. The summed E-state index contributed by atoms with van der Waals surface area (Å²) in [5.41, 5.74) is 1.31. The number of benzene rings is 1. The van der Waals surface area contributed by atoms with E-state index in [-0.39, 0.29) is 22.2 Å². The van der Waals surface area contributed by atoms with Crippen molar-refractivity contribution in [3.63, 3.8) is 0 Å². The molecule has 0 aliphatic rings. The largest absolute Gasteiger partial charge is 0.460 e. The van der Waals surface area contributed by atoms with Crippen LogP contribution in [0.3, 0.4) is 0 Å². The first-order chi connectivity index (χ1) is 9.43. The fourth-order valence-electron chi connectivity index (χ4n) is 1.43. The molecule has 8 heteroatoms. The second-order valence-corrected chi connectivity index (χ2v) is 4.42. The van der Waals surface area contributed by atoms with Gasteiger partial charge in [-0.25, -0.2) is 4.79 Å². The van der Waals surface area contributed by atoms with Crippen LogP contribution in [0.4, 0.5) is 0 Å². The van der Waals surface area contributed by atoms with Gasteiger partial charge in [0, 0.05) is 0 Å². The van der Waals surface area contributed by atoms with Crippen molar-refractivity contribution in [3.8, 4) is 0 Å². The van der Waals surface area contributed by atoms with Crippen LogP contribution < -0.4 is 5.48 Å². The van der Waals surface area contributed by atoms with Crippen molar-refractivity contribution >= 4 is 40.7 Å². The van der Waals surface area contributed by atoms with Crippen LogP contribution in [0.5, 0.6) is 0 Å². The van der Waals surface area contributed by atoms with Gasteiger partial charge in [-0.3, -0.25) is 9.59 Å². The number of carbonyl (C=O) groups excluding carboxylic acids is 3. The molecule has 0 saturated heterocycles. The maximum atomic E-state index is 12.1. The number of rotatable bonds is 6. The molecule has 0 aliphatic heterocycles. The molecule has 6 nitrogen and oxygen atoms in total. The zero-order valence-corrected chi connectivity index (χ0v) is 11.9. The molecule has 0 fully saturated rings. The number of ketones is 2. The van der Waals surface area contributed by atoms with Gasteiger partial charge in [0.05, 0.1) is 22.2 Å². The summed E-state index contributed by atoms with van der Waals surface area (Å²) in [6.45, 7) is 1.46. The van der Waals surface area contributed by atoms with Gasteiger partial charge >= 0.3 is 5.97 Å². The van der Waals surface area contributed by atoms with Crippen LogP contribution >= 0.6 is 23.2 Å². The smallest absolute Gasteiger partial charge is 0.376 e. The lowest BCUT2D eigenvalue weighted by atomic mass is 10.0. The number of Topliss-reactive ketones (excluding diaryl/α,β-unsaturated/α-hetero) is 2. The highest BCUT2D eigenvalue weighted by atomic mass is 35.5. The normalized spacial score (nSPS) is 11.8. The molecule has 1 unspecified atom stereocenters. The average molecular weight is 320 g/mol. The van der Waals surface area contributed by atoms with Crippen LogP contribution in [0.15, 0.2) is 18.2 Å². The summed E-state index contributed by atoms with van der Waals surface area (Å²) in [4.78, 5) is 35.2. The molecule has 1 atom stereocenters. The quantitative estimate of drug-likeness (QED) is 0.272. The molecule has 1 rings (SSSR count). The Hall–Kier alpha value is -1.47. The first kappa shape index (κ1) is 16.6. The zero-order valence-electron chi connectivity index (χ0n) is 10.4. The number of nitrogens with one attached hydrogen (secondary N) is 1. The average Bonchev–Trinajstić information content (AvgIpc) is 2.39. The Morgan fingerprint density at radius 3 is 2.30 bits per heavy atom. The molecule has 2 N–H and O–H groups in total. The lowest BCUT2D eigenvalue weighted by Crippen LogP contribution is -2.46. The van der Waals surface area contributed by atoms with Gasteiger partial charge in [0.15, 0.2) is 11.8 Å². The molecule has 0 aromatic heterocycles. The van der Waals surface area contributed by atoms with E-state index in [2.05, 4.69) is 4.74 Å². The van der Waals surface area contributed by atoms with Crippen LogP contribution in [-0.2, 0) is 14.3 Å². The molecular weight excluding hydrogens is 309 g/mol. The number of carbonyl (C=O) groups is 3. The van der Waals surface area contributed by atoms with Crippen LogP contribution in [0.25, 0.3) is 0 Å². The zero-order chi connectivity index (χ0) is 15.3. The summed E-state index contributed by atoms with van der Waals surface area (Å²) in [5, 5.41) is 8.94. The molecule has 1 aromatic rings. The molecule has 108 valence electrons. The van der Waals surface area contributed by atoms with E-state index in [4.69, 9.17) is 28.4 Å². The lowest BCUT2D eigenvalue weighted by molar-refractivity contribution is -0.154. The third-order valence-electron chi connectivity index (χ3n) is 2.34. The van der Waals surface area contributed by atoms with E-state index in [0.717, 1.165) is 0 Å². The van der Waals surface area contributed by atoms with E-state index in [1.165, 1.54) is 30.6 Å². The van der Waals surface area contributed by atoms with Crippen molar-refractivity contribution < 1.29 is 24.3 Å². The molecular formula is C12H11Cl2NO5. The van der Waals surface area contributed by atoms with Crippen LogP contribution in [0.1, 0.15) is 17.3 Å². The maximum absolute atomic E-state index is 12.1. The molecule has 0 heterocycles. The maximum Gasteiger partial charge on any atom is 0.376 e. The Kier molecular flexibility index (Phi) is 6.09. The van der Waals surface area contributed by atoms with Gasteiger partial charge in [-0.05, 0) is 19.1 Å². The van der Waals surface area contributed by atoms with Crippen molar-refractivity contribution in [3.05, 3.63) is 33.8 Å². The molecule has 0 saturated carbocycles. The minimum absolute atomic E-state index is 0.000547. The van der Waals surface area contributed by atoms with Crippen molar-refractivity contribution in [1.82, 2.24) is 5.48 Å². The topological polar surface area (TPSA) is 92.7 Å². The molecule has 1 aromatic carbocycles. The van der Waals surface area contributed by atoms with Gasteiger partial charge in [0.1, 0.15) is 0 Å². The SMILES string of the molecule is CCOC(=O)C(=O)C(NO)C(=O)c1c(Cl)cccc1Cl. The summed E-state index contributed by atoms with van der Waals surface area (Å²) in [5.74, 6) is -3.41. The predicted molar refractivity (Wildman–Crippen MR) is 71.1 cm³/mol. The first-order valence-electron chi connectivity index (χ1n) is 5.52. The van der Waals surface area contributed by atoms with E-state index < -0.39 is 23.6 Å². The molecule has 0 spiro atoms. The highest BCUT2D eigenvalue weighted by Crippen LogP contribution is 2.25. The number of ether oxygens (including phenoxy) is 1. The number of hydroxylamine groups is 1. The second kappa shape index (κ2) is 7.35. The Bertz CT molecular complexity index is 526. The van der Waals surface area contributed by atoms with Gasteiger partial charge in [-0.15, -0.1) is 0 Å². The van der Waals surface area contributed by atoms with Gasteiger partial charge in [-0.2, -0.15) is 5.48 Å². The van der Waals surface area contributed by atoms with Gasteiger partial charge < -0.3 is 9.94 Å². The van der Waals surface area contributed by atoms with Gasteiger partial charge in [0.2, 0.25) is 0 Å². The summed E-state index contributed by atoms with van der Waals surface area (Å²) in [6.07, 6.45) is 0. The molecule has 0 aliphatic carbocycles. The Labute approximate surface area is 124 Å². The molecule has 0 bridgehead atoms. The van der Waals surface area contributed by atoms with Gasteiger partial charge in [-0.1, -0.05) is 29.3 Å². The number of hydrogen-bond donors (Lipinski definition) is 2. The molecule has 0 radical (unpaired) electrons. The highest BCUT2D eigenvalue weighted by molar-refractivity contribution is 6.45. The Morgan fingerprint density at radius 1 is 1.30 bits per heavy atom. The number of hydrogen-bond acceptors (Lipinski definition) is 6. The fourth-order valence-corrected chi connectivity index (χ4v) is 2.02. The summed E-state index contributed by atoms with van der Waals surface area (Å²) >= 11 is 11.7. The third kappa shape index (κ3) is 3.55. The minimum atomic E-state index is -1.83. The molecule has 0 amide bonds. The van der Waals surface area contributed by atoms with E-state index in [1.54, 1.807) is 0 Å². The first-order valence-corrected chi connectivity index (χ1v) is 6.28. The predicted octanol–water partition coefficient (Wildman–Crippen LogP) is 1.66. The molecule has 20 heavy (non-hydrogen) atoms. The second-order valence-electron chi connectivity index (χ2n) is 3.61. The third-order valence-corrected chi connectivity index (χ3v) is 2.97. The van der Waals surface area contributed by atoms with Crippen molar-refractivity contribution in [2.24, 2.45) is 0 Å². The monoisotopic (exact) mass is 319 g/mol. The van der Waals surface area contributed by atoms with Crippen LogP contribution in [0, 0.1) is 0 Å². The van der Waals surface area contributed by atoms with E-state index in [0.29, 0.717) is 0 Å². The van der Waals surface area contributed by atoms with E-state index in [9.17, 15) is 14.4 Å². The Balaban J connectivity index is 3.10. The van der Waals surface area contributed by atoms with E-state index >= 15 is 0 Å². The standard InChI is InChI=1S/C12H11Cl2NO5/c1-2-20-12(18)11(17)9(15-19)10(16)8-6(13)4-3-5-7(8)14/h3-5,9,15,19H,2H2,1H3. The number of halogens is 2. The van der Waals surface area contributed by atoms with Crippen molar-refractivity contribution in [1.29, 1.82) is 0 Å². The lowest BCUT2D eigenvalue weighted by Gasteiger charge is -2.13. The summed E-state index contributed by atoms with van der Waals surface area (Å²) in [7, 11) is 0. The van der Waals surface area contributed by atoms with Crippen LogP contribution in [0.2, 0.25) is 10.0 Å².